The highest BCUT2D eigenvalue weighted by Gasteiger charge is 2.22. The third kappa shape index (κ3) is 4.84. The van der Waals surface area contributed by atoms with E-state index in [1.165, 1.54) is 11.8 Å². The number of thioether (sulfide) groups is 1. The van der Waals surface area contributed by atoms with Gasteiger partial charge in [0.2, 0.25) is 11.1 Å². The summed E-state index contributed by atoms with van der Waals surface area (Å²) in [6, 6.07) is 4.91. The van der Waals surface area contributed by atoms with Gasteiger partial charge in [0, 0.05) is 11.6 Å². The van der Waals surface area contributed by atoms with Gasteiger partial charge in [0.15, 0.2) is 0 Å². The number of carbonyl (C=O) groups is 1. The van der Waals surface area contributed by atoms with E-state index in [4.69, 9.17) is 27.9 Å². The van der Waals surface area contributed by atoms with E-state index in [0.29, 0.717) is 27.4 Å². The average Bonchev–Trinajstić information content (AvgIpc) is 3.24. The Morgan fingerprint density at radius 1 is 1.52 bits per heavy atom. The van der Waals surface area contributed by atoms with Crippen molar-refractivity contribution >= 4 is 46.6 Å². The van der Waals surface area contributed by atoms with Crippen molar-refractivity contribution in [2.75, 3.05) is 11.9 Å². The fourth-order valence-corrected chi connectivity index (χ4v) is 3.55. The predicted octanol–water partition coefficient (Wildman–Crippen LogP) is 3.28. The second-order valence-electron chi connectivity index (χ2n) is 5.65. The average molecular weight is 402 g/mol. The van der Waals surface area contributed by atoms with Crippen LogP contribution in [-0.4, -0.2) is 44.1 Å². The fourth-order valence-electron chi connectivity index (χ4n) is 2.42. The first-order chi connectivity index (χ1) is 12.0. The van der Waals surface area contributed by atoms with Gasteiger partial charge in [-0.3, -0.25) is 4.79 Å². The van der Waals surface area contributed by atoms with Gasteiger partial charge < -0.3 is 10.1 Å². The smallest absolute Gasteiger partial charge is 0.237 e. The summed E-state index contributed by atoms with van der Waals surface area (Å²) in [7, 11) is 0. The number of anilines is 1. The van der Waals surface area contributed by atoms with E-state index >= 15 is 0 Å². The van der Waals surface area contributed by atoms with Gasteiger partial charge in [0.25, 0.3) is 0 Å². The lowest BCUT2D eigenvalue weighted by molar-refractivity contribution is -0.115. The number of amides is 1. The summed E-state index contributed by atoms with van der Waals surface area (Å²) in [5.74, 6) is -0.208. The molecule has 1 aromatic heterocycles. The number of benzene rings is 1. The summed E-state index contributed by atoms with van der Waals surface area (Å²) in [4.78, 5) is 12.4. The minimum absolute atomic E-state index is 0.122. The molecule has 0 saturated carbocycles. The standard InChI is InChI=1S/C15H17Cl2N5O2S/c1-9(14(23)18-13-7-10(16)4-5-12(13)17)25-15-19-20-21-22(15)8-11-3-2-6-24-11/h4-5,7,9,11H,2-3,6,8H2,1H3,(H,18,23). The SMILES string of the molecule is CC(Sc1nnnn1CC1CCCO1)C(=O)Nc1cc(Cl)ccc1Cl. The zero-order valence-corrected chi connectivity index (χ0v) is 15.8. The van der Waals surface area contributed by atoms with Crippen LogP contribution in [0.3, 0.4) is 0 Å². The highest BCUT2D eigenvalue weighted by atomic mass is 35.5. The van der Waals surface area contributed by atoms with E-state index in [0.717, 1.165) is 19.4 Å². The number of nitrogens with zero attached hydrogens (tertiary/aromatic N) is 4. The maximum atomic E-state index is 12.4. The Hall–Kier alpha value is -1.35. The second-order valence-corrected chi connectivity index (χ2v) is 7.80. The predicted molar refractivity (Wildman–Crippen MR) is 97.2 cm³/mol. The Labute approximate surface area is 159 Å². The van der Waals surface area contributed by atoms with Crippen molar-refractivity contribution in [3.05, 3.63) is 28.2 Å². The molecule has 10 heteroatoms. The number of hydrogen-bond acceptors (Lipinski definition) is 6. The first-order valence-electron chi connectivity index (χ1n) is 7.83. The normalized spacial score (nSPS) is 18.3. The monoisotopic (exact) mass is 401 g/mol. The van der Waals surface area contributed by atoms with Crippen molar-refractivity contribution in [3.63, 3.8) is 0 Å². The maximum Gasteiger partial charge on any atom is 0.237 e. The van der Waals surface area contributed by atoms with E-state index < -0.39 is 5.25 Å². The lowest BCUT2D eigenvalue weighted by Crippen LogP contribution is -2.24. The molecule has 2 aromatic rings. The minimum atomic E-state index is -0.413. The molecule has 1 N–H and O–H groups in total. The maximum absolute atomic E-state index is 12.4. The molecular weight excluding hydrogens is 385 g/mol. The van der Waals surface area contributed by atoms with Gasteiger partial charge in [-0.05, 0) is 48.4 Å². The Morgan fingerprint density at radius 2 is 2.36 bits per heavy atom. The largest absolute Gasteiger partial charge is 0.376 e. The first-order valence-corrected chi connectivity index (χ1v) is 9.47. The topological polar surface area (TPSA) is 81.9 Å². The third-order valence-electron chi connectivity index (χ3n) is 3.74. The molecule has 25 heavy (non-hydrogen) atoms. The Morgan fingerprint density at radius 3 is 3.12 bits per heavy atom. The van der Waals surface area contributed by atoms with Gasteiger partial charge in [-0.15, -0.1) is 5.10 Å². The van der Waals surface area contributed by atoms with Gasteiger partial charge in [-0.1, -0.05) is 35.0 Å². The molecule has 1 amide bonds. The lowest BCUT2D eigenvalue weighted by atomic mass is 10.2. The van der Waals surface area contributed by atoms with Crippen molar-refractivity contribution in [1.29, 1.82) is 0 Å². The van der Waals surface area contributed by atoms with Gasteiger partial charge in [-0.2, -0.15) is 0 Å². The zero-order valence-electron chi connectivity index (χ0n) is 13.5. The molecule has 3 rings (SSSR count). The zero-order chi connectivity index (χ0) is 17.8. The lowest BCUT2D eigenvalue weighted by Gasteiger charge is -2.14. The number of nitrogens with one attached hydrogen (secondary N) is 1. The molecule has 1 aromatic carbocycles. The van der Waals surface area contributed by atoms with E-state index in [-0.39, 0.29) is 12.0 Å². The fraction of sp³-hybridized carbons (Fsp3) is 0.467. The molecular formula is C15H17Cl2N5O2S. The molecule has 0 radical (unpaired) electrons. The van der Waals surface area contributed by atoms with Gasteiger partial charge in [0.1, 0.15) is 0 Å². The molecule has 1 saturated heterocycles. The van der Waals surface area contributed by atoms with Crippen LogP contribution in [0.4, 0.5) is 5.69 Å². The number of ether oxygens (including phenoxy) is 1. The number of hydrogen-bond donors (Lipinski definition) is 1. The molecule has 2 unspecified atom stereocenters. The van der Waals surface area contributed by atoms with Crippen molar-refractivity contribution in [1.82, 2.24) is 20.2 Å². The Kier molecular flexibility index (Phi) is 6.16. The van der Waals surface area contributed by atoms with E-state index in [1.807, 2.05) is 0 Å². The molecule has 2 atom stereocenters. The summed E-state index contributed by atoms with van der Waals surface area (Å²) < 4.78 is 7.28. The number of tetrazole rings is 1. The van der Waals surface area contributed by atoms with E-state index in [1.54, 1.807) is 29.8 Å². The van der Waals surface area contributed by atoms with Gasteiger partial charge in [0.05, 0.1) is 28.6 Å². The quantitative estimate of drug-likeness (QED) is 0.747. The minimum Gasteiger partial charge on any atom is -0.376 e. The number of carbonyl (C=O) groups excluding carboxylic acids is 1. The van der Waals surface area contributed by atoms with Gasteiger partial charge in [-0.25, -0.2) is 4.68 Å². The van der Waals surface area contributed by atoms with Crippen molar-refractivity contribution in [2.45, 2.75) is 42.8 Å². The highest BCUT2D eigenvalue weighted by Crippen LogP contribution is 2.27. The van der Waals surface area contributed by atoms with Crippen LogP contribution in [0, 0.1) is 0 Å². The van der Waals surface area contributed by atoms with Crippen LogP contribution >= 0.6 is 35.0 Å². The summed E-state index contributed by atoms with van der Waals surface area (Å²) in [6.45, 7) is 3.14. The molecule has 0 spiro atoms. The van der Waals surface area contributed by atoms with Crippen LogP contribution in [0.15, 0.2) is 23.4 Å². The summed E-state index contributed by atoms with van der Waals surface area (Å²) in [6.07, 6.45) is 2.17. The van der Waals surface area contributed by atoms with Crippen molar-refractivity contribution in [2.24, 2.45) is 0 Å². The Balaban J connectivity index is 1.61. The Bertz CT molecular complexity index is 751. The van der Waals surface area contributed by atoms with Crippen LogP contribution in [-0.2, 0) is 16.1 Å². The summed E-state index contributed by atoms with van der Waals surface area (Å²) >= 11 is 13.3. The van der Waals surface area contributed by atoms with Crippen molar-refractivity contribution < 1.29 is 9.53 Å². The van der Waals surface area contributed by atoms with Crippen LogP contribution in [0.1, 0.15) is 19.8 Å². The van der Waals surface area contributed by atoms with Crippen LogP contribution in [0.5, 0.6) is 0 Å². The molecule has 0 bridgehead atoms. The van der Waals surface area contributed by atoms with Gasteiger partial charge >= 0.3 is 0 Å². The van der Waals surface area contributed by atoms with Crippen LogP contribution in [0.25, 0.3) is 0 Å². The summed E-state index contributed by atoms with van der Waals surface area (Å²) in [5, 5.41) is 15.6. The molecule has 134 valence electrons. The molecule has 2 heterocycles. The molecule has 1 aliphatic rings. The number of rotatable bonds is 6. The number of aromatic nitrogens is 4. The number of halogens is 2. The first kappa shape index (κ1) is 18.4. The molecule has 0 aliphatic carbocycles. The van der Waals surface area contributed by atoms with Crippen LogP contribution < -0.4 is 5.32 Å². The summed E-state index contributed by atoms with van der Waals surface area (Å²) in [5.41, 5.74) is 0.477. The molecule has 1 aliphatic heterocycles. The second kappa shape index (κ2) is 8.35. The highest BCUT2D eigenvalue weighted by molar-refractivity contribution is 8.00. The third-order valence-corrected chi connectivity index (χ3v) is 5.37. The van der Waals surface area contributed by atoms with Crippen LogP contribution in [0.2, 0.25) is 10.0 Å². The van der Waals surface area contributed by atoms with E-state index in [9.17, 15) is 4.79 Å². The molecule has 1 fully saturated rings. The van der Waals surface area contributed by atoms with Crippen molar-refractivity contribution in [3.8, 4) is 0 Å². The van der Waals surface area contributed by atoms with E-state index in [2.05, 4.69) is 20.8 Å². The molecule has 7 nitrogen and oxygen atoms in total.